The molecule has 0 aliphatic heterocycles. The Bertz CT molecular complexity index is 158. The Hall–Kier alpha value is -0.790. The minimum absolute atomic E-state index is 1.06. The molecular formula is C8H13NO. The Balaban J connectivity index is 2.15. The van der Waals surface area contributed by atoms with Gasteiger partial charge in [-0.2, -0.15) is 0 Å². The summed E-state index contributed by atoms with van der Waals surface area (Å²) in [6.45, 7) is 2.20. The minimum Gasteiger partial charge on any atom is -0.365 e. The summed E-state index contributed by atoms with van der Waals surface area (Å²) in [7, 11) is 0. The summed E-state index contributed by atoms with van der Waals surface area (Å²) in [5.41, 5.74) is 1.08. The van der Waals surface area contributed by atoms with Crippen molar-refractivity contribution in [1.29, 1.82) is 0 Å². The third-order valence-electron chi connectivity index (χ3n) is 1.53. The number of nitrogens with zero attached hydrogens (tertiary/aromatic N) is 1. The molecule has 56 valence electrons. The van der Waals surface area contributed by atoms with E-state index < -0.39 is 0 Å². The van der Waals surface area contributed by atoms with Crippen LogP contribution in [0, 0.1) is 0 Å². The smallest absolute Gasteiger partial charge is 0.124 e. The number of aryl methyl sites for hydroxylation is 1. The Labute approximate surface area is 61.2 Å². The molecule has 0 radical (unpaired) electrons. The zero-order chi connectivity index (χ0) is 7.23. The second-order valence-electron chi connectivity index (χ2n) is 2.45. The van der Waals surface area contributed by atoms with Crippen LogP contribution >= 0.6 is 0 Å². The largest absolute Gasteiger partial charge is 0.365 e. The van der Waals surface area contributed by atoms with Crippen molar-refractivity contribution in [1.82, 2.24) is 5.16 Å². The molecule has 2 heteroatoms. The van der Waals surface area contributed by atoms with E-state index >= 15 is 0 Å². The standard InChI is InChI=1S/C8H13NO/c1-2-3-4-5-8-6-7-10-9-8/h6-7H,2-5H2,1H3. The third kappa shape index (κ3) is 2.21. The molecular weight excluding hydrogens is 126 g/mol. The van der Waals surface area contributed by atoms with Gasteiger partial charge < -0.3 is 4.52 Å². The van der Waals surface area contributed by atoms with Crippen LogP contribution in [0.3, 0.4) is 0 Å². The molecule has 0 N–H and O–H groups in total. The van der Waals surface area contributed by atoms with Gasteiger partial charge in [-0.3, -0.25) is 0 Å². The lowest BCUT2D eigenvalue weighted by Gasteiger charge is -1.91. The van der Waals surface area contributed by atoms with Crippen LogP contribution in [-0.2, 0) is 6.42 Å². The lowest BCUT2D eigenvalue weighted by Crippen LogP contribution is -1.83. The summed E-state index contributed by atoms with van der Waals surface area (Å²) in [5, 5.41) is 3.81. The van der Waals surface area contributed by atoms with Gasteiger partial charge in [0.25, 0.3) is 0 Å². The van der Waals surface area contributed by atoms with Crippen LogP contribution in [0.25, 0.3) is 0 Å². The predicted octanol–water partition coefficient (Wildman–Crippen LogP) is 2.41. The fourth-order valence-electron chi connectivity index (χ4n) is 0.923. The van der Waals surface area contributed by atoms with Crippen molar-refractivity contribution in [2.24, 2.45) is 0 Å². The van der Waals surface area contributed by atoms with Crippen molar-refractivity contribution in [3.63, 3.8) is 0 Å². The molecule has 2 nitrogen and oxygen atoms in total. The molecule has 1 rings (SSSR count). The molecule has 1 aromatic heterocycles. The number of hydrogen-bond donors (Lipinski definition) is 0. The fraction of sp³-hybridized carbons (Fsp3) is 0.625. The van der Waals surface area contributed by atoms with Crippen molar-refractivity contribution in [3.05, 3.63) is 18.0 Å². The maximum absolute atomic E-state index is 4.70. The van der Waals surface area contributed by atoms with E-state index in [1.165, 1.54) is 19.3 Å². The van der Waals surface area contributed by atoms with Crippen LogP contribution in [0.5, 0.6) is 0 Å². The molecule has 0 saturated heterocycles. The highest BCUT2D eigenvalue weighted by molar-refractivity contribution is 4.94. The van der Waals surface area contributed by atoms with E-state index in [0.717, 1.165) is 12.1 Å². The van der Waals surface area contributed by atoms with E-state index in [1.54, 1.807) is 6.26 Å². The van der Waals surface area contributed by atoms with E-state index in [4.69, 9.17) is 4.52 Å². The SMILES string of the molecule is CCCCCc1ccon1. The molecule has 0 amide bonds. The monoisotopic (exact) mass is 139 g/mol. The van der Waals surface area contributed by atoms with Crippen LogP contribution < -0.4 is 0 Å². The molecule has 0 atom stereocenters. The zero-order valence-corrected chi connectivity index (χ0v) is 6.34. The molecule has 0 aliphatic rings. The van der Waals surface area contributed by atoms with Crippen molar-refractivity contribution in [2.45, 2.75) is 32.6 Å². The number of hydrogen-bond acceptors (Lipinski definition) is 2. The van der Waals surface area contributed by atoms with Crippen molar-refractivity contribution in [3.8, 4) is 0 Å². The average Bonchev–Trinajstić information content (AvgIpc) is 2.41. The summed E-state index contributed by atoms with van der Waals surface area (Å²) in [5.74, 6) is 0. The van der Waals surface area contributed by atoms with Crippen LogP contribution in [0.1, 0.15) is 31.9 Å². The van der Waals surface area contributed by atoms with E-state index in [1.807, 2.05) is 6.07 Å². The second-order valence-corrected chi connectivity index (χ2v) is 2.45. The van der Waals surface area contributed by atoms with Gasteiger partial charge in [-0.1, -0.05) is 24.9 Å². The highest BCUT2D eigenvalue weighted by Gasteiger charge is 1.93. The van der Waals surface area contributed by atoms with Gasteiger partial charge in [0.2, 0.25) is 0 Å². The fourth-order valence-corrected chi connectivity index (χ4v) is 0.923. The summed E-state index contributed by atoms with van der Waals surface area (Å²) in [4.78, 5) is 0. The molecule has 10 heavy (non-hydrogen) atoms. The summed E-state index contributed by atoms with van der Waals surface area (Å²) in [6, 6.07) is 1.93. The Morgan fingerprint density at radius 3 is 3.00 bits per heavy atom. The maximum Gasteiger partial charge on any atom is 0.124 e. The highest BCUT2D eigenvalue weighted by Crippen LogP contribution is 2.02. The molecule has 0 aliphatic carbocycles. The molecule has 0 fully saturated rings. The van der Waals surface area contributed by atoms with Crippen molar-refractivity contribution in [2.75, 3.05) is 0 Å². The molecule has 0 unspecified atom stereocenters. The first-order valence-corrected chi connectivity index (χ1v) is 3.82. The maximum atomic E-state index is 4.70. The number of aromatic nitrogens is 1. The molecule has 0 aromatic carbocycles. The van der Waals surface area contributed by atoms with Crippen LogP contribution in [0.4, 0.5) is 0 Å². The lowest BCUT2D eigenvalue weighted by molar-refractivity contribution is 0.410. The first-order chi connectivity index (χ1) is 4.93. The third-order valence-corrected chi connectivity index (χ3v) is 1.53. The van der Waals surface area contributed by atoms with E-state index in [9.17, 15) is 0 Å². The van der Waals surface area contributed by atoms with Gasteiger partial charge >= 0.3 is 0 Å². The van der Waals surface area contributed by atoms with E-state index in [-0.39, 0.29) is 0 Å². The summed E-state index contributed by atoms with van der Waals surface area (Å²) < 4.78 is 4.70. The summed E-state index contributed by atoms with van der Waals surface area (Å²) in [6.07, 6.45) is 6.46. The Morgan fingerprint density at radius 1 is 1.50 bits per heavy atom. The van der Waals surface area contributed by atoms with Gasteiger partial charge in [-0.05, 0) is 12.8 Å². The number of rotatable bonds is 4. The first kappa shape index (κ1) is 7.32. The van der Waals surface area contributed by atoms with E-state index in [2.05, 4.69) is 12.1 Å². The summed E-state index contributed by atoms with van der Waals surface area (Å²) >= 11 is 0. The van der Waals surface area contributed by atoms with Gasteiger partial charge in [-0.25, -0.2) is 0 Å². The van der Waals surface area contributed by atoms with Crippen molar-refractivity contribution >= 4 is 0 Å². The van der Waals surface area contributed by atoms with E-state index in [0.29, 0.717) is 0 Å². The topological polar surface area (TPSA) is 26.0 Å². The van der Waals surface area contributed by atoms with Crippen LogP contribution in [0.15, 0.2) is 16.9 Å². The van der Waals surface area contributed by atoms with Gasteiger partial charge in [0, 0.05) is 6.07 Å². The molecule has 0 bridgehead atoms. The van der Waals surface area contributed by atoms with Crippen LogP contribution in [0.2, 0.25) is 0 Å². The molecule has 1 heterocycles. The zero-order valence-electron chi connectivity index (χ0n) is 6.34. The number of unbranched alkanes of at least 4 members (excludes halogenated alkanes) is 2. The predicted molar refractivity (Wildman–Crippen MR) is 39.7 cm³/mol. The van der Waals surface area contributed by atoms with Crippen molar-refractivity contribution < 1.29 is 4.52 Å². The Kier molecular flexibility index (Phi) is 3.00. The first-order valence-electron chi connectivity index (χ1n) is 3.82. The minimum atomic E-state index is 1.06. The molecule has 1 aromatic rings. The van der Waals surface area contributed by atoms with Gasteiger partial charge in [-0.15, -0.1) is 0 Å². The van der Waals surface area contributed by atoms with Gasteiger partial charge in [0.05, 0.1) is 5.69 Å². The molecule has 0 spiro atoms. The second kappa shape index (κ2) is 4.09. The quantitative estimate of drug-likeness (QED) is 0.599. The van der Waals surface area contributed by atoms with Gasteiger partial charge in [0.15, 0.2) is 0 Å². The average molecular weight is 139 g/mol. The normalized spacial score (nSPS) is 10.1. The lowest BCUT2D eigenvalue weighted by atomic mass is 10.2. The molecule has 0 saturated carbocycles. The van der Waals surface area contributed by atoms with Gasteiger partial charge in [0.1, 0.15) is 6.26 Å². The van der Waals surface area contributed by atoms with Crippen LogP contribution in [-0.4, -0.2) is 5.16 Å². The Morgan fingerprint density at radius 2 is 2.40 bits per heavy atom. The highest BCUT2D eigenvalue weighted by atomic mass is 16.5.